The van der Waals surface area contributed by atoms with Gasteiger partial charge < -0.3 is 5.11 Å². The van der Waals surface area contributed by atoms with Crippen LogP contribution in [0.5, 0.6) is 0 Å². The zero-order valence-corrected chi connectivity index (χ0v) is 14.9. The van der Waals surface area contributed by atoms with Crippen LogP contribution in [0.3, 0.4) is 0 Å². The van der Waals surface area contributed by atoms with Gasteiger partial charge in [0.05, 0.1) is 0 Å². The van der Waals surface area contributed by atoms with E-state index in [1.807, 2.05) is 0 Å². The summed E-state index contributed by atoms with van der Waals surface area (Å²) in [7, 11) is 0. The Morgan fingerprint density at radius 3 is 1.86 bits per heavy atom. The third kappa shape index (κ3) is 9.82. The second kappa shape index (κ2) is 13.3. The van der Waals surface area contributed by atoms with Gasteiger partial charge in [-0.3, -0.25) is 0 Å². The van der Waals surface area contributed by atoms with E-state index in [1.54, 1.807) is 0 Å². The van der Waals surface area contributed by atoms with E-state index in [0.29, 0.717) is 6.42 Å². The fourth-order valence-corrected chi connectivity index (χ4v) is 4.13. The largest absolute Gasteiger partial charge is 0.364 e. The van der Waals surface area contributed by atoms with Crippen molar-refractivity contribution in [2.75, 3.05) is 0 Å². The van der Waals surface area contributed by atoms with Gasteiger partial charge in [-0.2, -0.15) is 0 Å². The summed E-state index contributed by atoms with van der Waals surface area (Å²) in [6.45, 7) is 2.28. The Kier molecular flexibility index (Phi) is 12.1. The average Bonchev–Trinajstić information content (AvgIpc) is 2.93. The van der Waals surface area contributed by atoms with Crippen LogP contribution in [0.2, 0.25) is 0 Å². The van der Waals surface area contributed by atoms with Gasteiger partial charge in [-0.1, -0.05) is 96.8 Å². The molecule has 0 aromatic rings. The highest BCUT2D eigenvalue weighted by atomic mass is 19.1. The number of halogens is 1. The smallest absolute Gasteiger partial charge is 0.196 e. The molecule has 0 aromatic carbocycles. The quantitative estimate of drug-likeness (QED) is 0.350. The predicted octanol–water partition coefficient (Wildman–Crippen LogP) is 6.78. The summed E-state index contributed by atoms with van der Waals surface area (Å²) in [5.41, 5.74) is 0. The second-order valence-electron chi connectivity index (χ2n) is 7.43. The van der Waals surface area contributed by atoms with Crippen molar-refractivity contribution < 1.29 is 9.50 Å². The Bertz CT molecular complexity index is 242. The van der Waals surface area contributed by atoms with Gasteiger partial charge in [0.1, 0.15) is 0 Å². The molecule has 132 valence electrons. The molecule has 0 heterocycles. The van der Waals surface area contributed by atoms with Gasteiger partial charge in [-0.25, -0.2) is 4.39 Å². The Labute approximate surface area is 138 Å². The monoisotopic (exact) mass is 314 g/mol. The highest BCUT2D eigenvalue weighted by Gasteiger charge is 2.25. The summed E-state index contributed by atoms with van der Waals surface area (Å²) in [4.78, 5) is 0. The van der Waals surface area contributed by atoms with E-state index < -0.39 is 6.36 Å². The first-order chi connectivity index (χ1) is 10.7. The van der Waals surface area contributed by atoms with Crippen LogP contribution in [0.15, 0.2) is 0 Å². The topological polar surface area (TPSA) is 20.2 Å². The van der Waals surface area contributed by atoms with Crippen LogP contribution in [0.25, 0.3) is 0 Å². The van der Waals surface area contributed by atoms with Crippen LogP contribution in [0, 0.1) is 11.8 Å². The first-order valence-corrected chi connectivity index (χ1v) is 10.1. The number of rotatable bonds is 14. The molecule has 1 aliphatic carbocycles. The van der Waals surface area contributed by atoms with Gasteiger partial charge in [0.15, 0.2) is 6.36 Å². The Morgan fingerprint density at radius 1 is 0.818 bits per heavy atom. The lowest BCUT2D eigenvalue weighted by molar-refractivity contribution is 0.0322. The van der Waals surface area contributed by atoms with E-state index in [0.717, 1.165) is 24.7 Å². The van der Waals surface area contributed by atoms with Crippen LogP contribution in [0.1, 0.15) is 110 Å². The molecule has 0 amide bonds. The molecule has 0 radical (unpaired) electrons. The minimum absolute atomic E-state index is 0.323. The summed E-state index contributed by atoms with van der Waals surface area (Å²) in [6.07, 6.45) is 18.9. The van der Waals surface area contributed by atoms with Gasteiger partial charge in [0, 0.05) is 6.42 Å². The molecule has 0 aliphatic heterocycles. The Balaban J connectivity index is 1.98. The fourth-order valence-electron chi connectivity index (χ4n) is 4.13. The Morgan fingerprint density at radius 2 is 1.32 bits per heavy atom. The number of alkyl halides is 1. The number of aliphatic hydroxyl groups excluding tert-OH is 1. The van der Waals surface area contributed by atoms with E-state index >= 15 is 0 Å². The number of unbranched alkanes of at least 4 members (excludes halogenated alkanes) is 8. The highest BCUT2D eigenvalue weighted by molar-refractivity contribution is 4.77. The minimum atomic E-state index is -1.60. The number of hydrogen-bond donors (Lipinski definition) is 1. The normalized spacial score (nSPS) is 23.0. The van der Waals surface area contributed by atoms with Crippen LogP contribution >= 0.6 is 0 Å². The molecule has 0 aromatic heterocycles. The lowest BCUT2D eigenvalue weighted by Crippen LogP contribution is -2.08. The molecule has 1 saturated carbocycles. The predicted molar refractivity (Wildman–Crippen MR) is 93.6 cm³/mol. The molecule has 0 spiro atoms. The third-order valence-electron chi connectivity index (χ3n) is 5.51. The van der Waals surface area contributed by atoms with E-state index in [1.165, 1.54) is 83.5 Å². The van der Waals surface area contributed by atoms with E-state index in [9.17, 15) is 4.39 Å². The standard InChI is InChI=1S/C20H39FO/c1-2-3-4-5-6-9-13-18-15-12-16-19(18)14-10-7-8-11-17-20(21)22/h18-20,22H,2-17H2,1H3/t18-,19-,20?/m0/s1. The van der Waals surface area contributed by atoms with Gasteiger partial charge in [0.2, 0.25) is 0 Å². The van der Waals surface area contributed by atoms with Crippen molar-refractivity contribution in [3.8, 4) is 0 Å². The van der Waals surface area contributed by atoms with E-state index in [4.69, 9.17) is 5.11 Å². The van der Waals surface area contributed by atoms with Crippen LogP contribution in [-0.4, -0.2) is 11.5 Å². The fraction of sp³-hybridized carbons (Fsp3) is 1.00. The van der Waals surface area contributed by atoms with Gasteiger partial charge in [-0.15, -0.1) is 0 Å². The molecule has 22 heavy (non-hydrogen) atoms. The maximum absolute atomic E-state index is 12.3. The molecule has 2 heteroatoms. The van der Waals surface area contributed by atoms with Crippen molar-refractivity contribution in [2.45, 2.75) is 116 Å². The van der Waals surface area contributed by atoms with Gasteiger partial charge in [-0.05, 0) is 18.3 Å². The summed E-state index contributed by atoms with van der Waals surface area (Å²) in [5.74, 6) is 1.97. The van der Waals surface area contributed by atoms with Crippen molar-refractivity contribution in [1.82, 2.24) is 0 Å². The first kappa shape index (κ1) is 19.9. The van der Waals surface area contributed by atoms with Crippen molar-refractivity contribution in [1.29, 1.82) is 0 Å². The van der Waals surface area contributed by atoms with Crippen LogP contribution in [-0.2, 0) is 0 Å². The Hall–Kier alpha value is -0.110. The zero-order chi connectivity index (χ0) is 16.0. The molecule has 0 saturated heterocycles. The molecule has 1 aliphatic rings. The molecule has 1 rings (SSSR count). The molecule has 1 fully saturated rings. The molecule has 3 atom stereocenters. The van der Waals surface area contributed by atoms with Gasteiger partial charge >= 0.3 is 0 Å². The van der Waals surface area contributed by atoms with Crippen LogP contribution in [0.4, 0.5) is 4.39 Å². The lowest BCUT2D eigenvalue weighted by Gasteiger charge is -2.19. The van der Waals surface area contributed by atoms with Crippen molar-refractivity contribution in [2.24, 2.45) is 11.8 Å². The van der Waals surface area contributed by atoms with Crippen LogP contribution < -0.4 is 0 Å². The van der Waals surface area contributed by atoms with Gasteiger partial charge in [0.25, 0.3) is 0 Å². The minimum Gasteiger partial charge on any atom is -0.364 e. The van der Waals surface area contributed by atoms with Crippen molar-refractivity contribution >= 4 is 0 Å². The third-order valence-corrected chi connectivity index (χ3v) is 5.51. The highest BCUT2D eigenvalue weighted by Crippen LogP contribution is 2.38. The molecular formula is C20H39FO. The summed E-state index contributed by atoms with van der Waals surface area (Å²) < 4.78 is 12.3. The van der Waals surface area contributed by atoms with E-state index in [-0.39, 0.29) is 0 Å². The first-order valence-electron chi connectivity index (χ1n) is 10.1. The maximum atomic E-state index is 12.3. The lowest BCUT2D eigenvalue weighted by atomic mass is 9.86. The summed E-state index contributed by atoms with van der Waals surface area (Å²) in [5, 5.41) is 8.60. The SMILES string of the molecule is CCCCCCCC[C@H]1CCC[C@@H]1CCCCCCC(O)F. The number of hydrogen-bond acceptors (Lipinski definition) is 1. The summed E-state index contributed by atoms with van der Waals surface area (Å²) >= 11 is 0. The molecule has 1 nitrogen and oxygen atoms in total. The number of aliphatic hydroxyl groups is 1. The van der Waals surface area contributed by atoms with E-state index in [2.05, 4.69) is 6.92 Å². The second-order valence-corrected chi connectivity index (χ2v) is 7.43. The summed E-state index contributed by atoms with van der Waals surface area (Å²) in [6, 6.07) is 0. The van der Waals surface area contributed by atoms with Crippen molar-refractivity contribution in [3.05, 3.63) is 0 Å². The molecule has 1 N–H and O–H groups in total. The molecular weight excluding hydrogens is 275 g/mol. The average molecular weight is 315 g/mol. The zero-order valence-electron chi connectivity index (χ0n) is 14.9. The van der Waals surface area contributed by atoms with Crippen molar-refractivity contribution in [3.63, 3.8) is 0 Å². The molecule has 0 bridgehead atoms. The molecule has 1 unspecified atom stereocenters. The maximum Gasteiger partial charge on any atom is 0.196 e.